The standard InChI is InChI=1S/C11H18F2O4/c1-6-17-9(15)11(12,13)7(14)8(16-5)10(2,3)4/h8H,6H2,1-5H3. The highest BCUT2D eigenvalue weighted by molar-refractivity contribution is 6.07. The highest BCUT2D eigenvalue weighted by Crippen LogP contribution is 2.29. The molecule has 0 aliphatic carbocycles. The van der Waals surface area contributed by atoms with Gasteiger partial charge in [0.15, 0.2) is 0 Å². The van der Waals surface area contributed by atoms with Gasteiger partial charge in [-0.2, -0.15) is 8.78 Å². The number of esters is 1. The van der Waals surface area contributed by atoms with Gasteiger partial charge in [-0.1, -0.05) is 20.8 Å². The van der Waals surface area contributed by atoms with Crippen LogP contribution < -0.4 is 0 Å². The number of carbonyl (C=O) groups is 2. The summed E-state index contributed by atoms with van der Waals surface area (Å²) in [6.45, 7) is 5.88. The average Bonchev–Trinajstić information content (AvgIpc) is 2.16. The molecule has 0 saturated heterocycles. The van der Waals surface area contributed by atoms with Crippen LogP contribution in [-0.2, 0) is 19.1 Å². The van der Waals surface area contributed by atoms with Crippen molar-refractivity contribution in [2.45, 2.75) is 39.7 Å². The molecule has 0 fully saturated rings. The number of hydrogen-bond donors (Lipinski definition) is 0. The van der Waals surface area contributed by atoms with E-state index < -0.39 is 29.2 Å². The van der Waals surface area contributed by atoms with Crippen molar-refractivity contribution in [3.63, 3.8) is 0 Å². The van der Waals surface area contributed by atoms with Gasteiger partial charge in [-0.05, 0) is 12.3 Å². The van der Waals surface area contributed by atoms with E-state index in [2.05, 4.69) is 4.74 Å². The minimum atomic E-state index is -4.18. The van der Waals surface area contributed by atoms with Crippen LogP contribution in [-0.4, -0.2) is 37.5 Å². The second-order valence-corrected chi connectivity index (χ2v) is 4.64. The molecule has 0 aromatic rings. The molecular formula is C11H18F2O4. The van der Waals surface area contributed by atoms with Gasteiger partial charge < -0.3 is 9.47 Å². The molecule has 1 atom stereocenters. The summed E-state index contributed by atoms with van der Waals surface area (Å²) < 4.78 is 35.8. The predicted octanol–water partition coefficient (Wildman–Crippen LogP) is 1.81. The second kappa shape index (κ2) is 5.53. The monoisotopic (exact) mass is 252 g/mol. The van der Waals surface area contributed by atoms with Crippen LogP contribution in [0.1, 0.15) is 27.7 Å². The molecule has 0 radical (unpaired) electrons. The van der Waals surface area contributed by atoms with Gasteiger partial charge in [-0.25, -0.2) is 4.79 Å². The molecule has 0 aliphatic rings. The summed E-state index contributed by atoms with van der Waals surface area (Å²) in [5.41, 5.74) is -0.832. The minimum Gasteiger partial charge on any atom is -0.461 e. The quantitative estimate of drug-likeness (QED) is 0.553. The van der Waals surface area contributed by atoms with Crippen LogP contribution in [0.15, 0.2) is 0 Å². The Kier molecular flexibility index (Phi) is 5.19. The van der Waals surface area contributed by atoms with Crippen LogP contribution in [0, 0.1) is 5.41 Å². The van der Waals surface area contributed by atoms with Crippen molar-refractivity contribution < 1.29 is 27.8 Å². The Morgan fingerprint density at radius 1 is 1.24 bits per heavy atom. The Balaban J connectivity index is 5.07. The lowest BCUT2D eigenvalue weighted by Gasteiger charge is -2.29. The summed E-state index contributed by atoms with van der Waals surface area (Å²) in [6, 6.07) is 0. The van der Waals surface area contributed by atoms with E-state index in [9.17, 15) is 18.4 Å². The highest BCUT2D eigenvalue weighted by atomic mass is 19.3. The molecule has 0 aromatic carbocycles. The van der Waals surface area contributed by atoms with E-state index in [1.54, 1.807) is 20.8 Å². The molecule has 0 N–H and O–H groups in total. The third kappa shape index (κ3) is 3.73. The molecule has 17 heavy (non-hydrogen) atoms. The number of Topliss-reactive ketones (excluding diaryl/α,β-unsaturated/α-hetero) is 1. The SMILES string of the molecule is CCOC(=O)C(F)(F)C(=O)C(OC)C(C)(C)C. The van der Waals surface area contributed by atoms with Gasteiger partial charge in [0.1, 0.15) is 6.10 Å². The van der Waals surface area contributed by atoms with E-state index in [1.807, 2.05) is 0 Å². The Bertz CT molecular complexity index is 294. The first kappa shape index (κ1) is 16.0. The first-order valence-corrected chi connectivity index (χ1v) is 5.21. The summed E-state index contributed by atoms with van der Waals surface area (Å²) in [5.74, 6) is -7.59. The van der Waals surface area contributed by atoms with Gasteiger partial charge >= 0.3 is 11.9 Å². The van der Waals surface area contributed by atoms with Gasteiger partial charge in [0, 0.05) is 7.11 Å². The van der Waals surface area contributed by atoms with E-state index in [1.165, 1.54) is 6.92 Å². The van der Waals surface area contributed by atoms with Crippen molar-refractivity contribution in [1.29, 1.82) is 0 Å². The van der Waals surface area contributed by atoms with Crippen LogP contribution in [0.5, 0.6) is 0 Å². The topological polar surface area (TPSA) is 52.6 Å². The molecule has 100 valence electrons. The summed E-state index contributed by atoms with van der Waals surface area (Å²) in [6.07, 6.45) is -1.37. The van der Waals surface area contributed by atoms with Crippen molar-refractivity contribution in [1.82, 2.24) is 0 Å². The molecule has 0 aromatic heterocycles. The highest BCUT2D eigenvalue weighted by Gasteiger charge is 2.54. The molecule has 6 heteroatoms. The Morgan fingerprint density at radius 3 is 2.00 bits per heavy atom. The molecule has 0 heterocycles. The second-order valence-electron chi connectivity index (χ2n) is 4.64. The van der Waals surface area contributed by atoms with E-state index in [0.717, 1.165) is 7.11 Å². The summed E-state index contributed by atoms with van der Waals surface area (Å²) >= 11 is 0. The average molecular weight is 252 g/mol. The van der Waals surface area contributed by atoms with Gasteiger partial charge in [-0.15, -0.1) is 0 Å². The number of rotatable bonds is 5. The zero-order chi connectivity index (χ0) is 13.9. The van der Waals surface area contributed by atoms with Crippen molar-refractivity contribution in [2.24, 2.45) is 5.41 Å². The number of methoxy groups -OCH3 is 1. The molecular weight excluding hydrogens is 234 g/mol. The first-order chi connectivity index (χ1) is 7.58. The smallest absolute Gasteiger partial charge is 0.402 e. The maximum Gasteiger partial charge on any atom is 0.402 e. The number of halogens is 2. The number of ketones is 1. The van der Waals surface area contributed by atoms with Gasteiger partial charge in [-0.3, -0.25) is 4.79 Å². The summed E-state index contributed by atoms with van der Waals surface area (Å²) in [7, 11) is 1.15. The number of hydrogen-bond acceptors (Lipinski definition) is 4. The number of carbonyl (C=O) groups excluding carboxylic acids is 2. The fourth-order valence-corrected chi connectivity index (χ4v) is 1.34. The molecule has 4 nitrogen and oxygen atoms in total. The Labute approximate surface area is 99.3 Å². The molecule has 0 aliphatic heterocycles. The van der Waals surface area contributed by atoms with Crippen molar-refractivity contribution in [3.05, 3.63) is 0 Å². The zero-order valence-electron chi connectivity index (χ0n) is 10.7. The van der Waals surface area contributed by atoms with Crippen LogP contribution in [0.3, 0.4) is 0 Å². The van der Waals surface area contributed by atoms with Crippen LogP contribution in [0.4, 0.5) is 8.78 Å². The lowest BCUT2D eigenvalue weighted by molar-refractivity contribution is -0.183. The third-order valence-electron chi connectivity index (χ3n) is 2.10. The van der Waals surface area contributed by atoms with E-state index in [-0.39, 0.29) is 6.61 Å². The van der Waals surface area contributed by atoms with Gasteiger partial charge in [0.2, 0.25) is 5.78 Å². The fourth-order valence-electron chi connectivity index (χ4n) is 1.34. The summed E-state index contributed by atoms with van der Waals surface area (Å²) in [4.78, 5) is 22.6. The maximum absolute atomic E-state index is 13.5. The Hall–Kier alpha value is -1.04. The number of ether oxygens (including phenoxy) is 2. The maximum atomic E-state index is 13.5. The predicted molar refractivity (Wildman–Crippen MR) is 56.8 cm³/mol. The summed E-state index contributed by atoms with van der Waals surface area (Å²) in [5, 5.41) is 0. The van der Waals surface area contributed by atoms with E-state index in [4.69, 9.17) is 4.74 Å². The zero-order valence-corrected chi connectivity index (χ0v) is 10.7. The molecule has 0 bridgehead atoms. The van der Waals surface area contributed by atoms with E-state index >= 15 is 0 Å². The molecule has 0 spiro atoms. The lowest BCUT2D eigenvalue weighted by Crippen LogP contribution is -2.50. The third-order valence-corrected chi connectivity index (χ3v) is 2.10. The van der Waals surface area contributed by atoms with Gasteiger partial charge in [0.25, 0.3) is 0 Å². The van der Waals surface area contributed by atoms with E-state index in [0.29, 0.717) is 0 Å². The first-order valence-electron chi connectivity index (χ1n) is 5.21. The van der Waals surface area contributed by atoms with Crippen molar-refractivity contribution >= 4 is 11.8 Å². The van der Waals surface area contributed by atoms with Gasteiger partial charge in [0.05, 0.1) is 6.61 Å². The van der Waals surface area contributed by atoms with Crippen LogP contribution in [0.2, 0.25) is 0 Å². The van der Waals surface area contributed by atoms with Crippen LogP contribution >= 0.6 is 0 Å². The van der Waals surface area contributed by atoms with Crippen molar-refractivity contribution in [2.75, 3.05) is 13.7 Å². The molecule has 0 rings (SSSR count). The number of alkyl halides is 2. The van der Waals surface area contributed by atoms with Crippen LogP contribution in [0.25, 0.3) is 0 Å². The largest absolute Gasteiger partial charge is 0.461 e. The Morgan fingerprint density at radius 2 is 1.71 bits per heavy atom. The molecule has 1 unspecified atom stereocenters. The fraction of sp³-hybridized carbons (Fsp3) is 0.818. The lowest BCUT2D eigenvalue weighted by atomic mass is 9.84. The molecule has 0 saturated carbocycles. The molecule has 0 amide bonds. The minimum absolute atomic E-state index is 0.213. The normalized spacial score (nSPS) is 14.3. The van der Waals surface area contributed by atoms with Crippen molar-refractivity contribution in [3.8, 4) is 0 Å².